The zero-order chi connectivity index (χ0) is 14.5. The normalized spacial score (nSPS) is 16.7. The van der Waals surface area contributed by atoms with E-state index in [-0.39, 0.29) is 36.0 Å². The van der Waals surface area contributed by atoms with Crippen molar-refractivity contribution in [2.45, 2.75) is 31.8 Å². The lowest BCUT2D eigenvalue weighted by molar-refractivity contribution is -0.134. The first-order chi connectivity index (χ1) is 9.59. The molecule has 0 aromatic carbocycles. The summed E-state index contributed by atoms with van der Waals surface area (Å²) in [6.07, 6.45) is 3.32. The zero-order valence-corrected chi connectivity index (χ0v) is 13.1. The van der Waals surface area contributed by atoms with Crippen molar-refractivity contribution in [2.24, 2.45) is 0 Å². The minimum Gasteiger partial charge on any atom is -0.459 e. The summed E-state index contributed by atoms with van der Waals surface area (Å²) in [4.78, 5) is 25.9. The molecule has 0 aliphatic carbocycles. The van der Waals surface area contributed by atoms with E-state index in [0.29, 0.717) is 0 Å². The van der Waals surface area contributed by atoms with Gasteiger partial charge in [0.05, 0.1) is 6.26 Å². The Morgan fingerprint density at radius 2 is 2.10 bits per heavy atom. The van der Waals surface area contributed by atoms with Crippen LogP contribution in [0.2, 0.25) is 0 Å². The summed E-state index contributed by atoms with van der Waals surface area (Å²) in [5, 5.41) is 5.93. The van der Waals surface area contributed by atoms with Crippen LogP contribution in [0.5, 0.6) is 0 Å². The highest BCUT2D eigenvalue weighted by Gasteiger charge is 2.26. The number of carbonyl (C=O) groups excluding carboxylic acids is 2. The summed E-state index contributed by atoms with van der Waals surface area (Å²) in [7, 11) is 1.80. The van der Waals surface area contributed by atoms with E-state index in [9.17, 15) is 9.59 Å². The first-order valence-electron chi connectivity index (χ1n) is 6.91. The van der Waals surface area contributed by atoms with Crippen LogP contribution in [0.3, 0.4) is 0 Å². The Labute approximate surface area is 130 Å². The van der Waals surface area contributed by atoms with Crippen molar-refractivity contribution in [1.82, 2.24) is 15.5 Å². The number of amides is 2. The Kier molecular flexibility index (Phi) is 6.71. The SMILES string of the molecule is CC(NC(=O)c1ccco1)C(=O)N(C)C1CCNCC1.Cl. The molecular formula is C14H22ClN3O3. The van der Waals surface area contributed by atoms with Gasteiger partial charge in [-0.3, -0.25) is 9.59 Å². The largest absolute Gasteiger partial charge is 0.459 e. The maximum absolute atomic E-state index is 12.3. The smallest absolute Gasteiger partial charge is 0.287 e. The fraction of sp³-hybridized carbons (Fsp3) is 0.571. The van der Waals surface area contributed by atoms with Gasteiger partial charge in [0.2, 0.25) is 5.91 Å². The van der Waals surface area contributed by atoms with Gasteiger partial charge in [-0.2, -0.15) is 0 Å². The van der Waals surface area contributed by atoms with E-state index in [1.807, 2.05) is 0 Å². The molecule has 1 aromatic heterocycles. The Hall–Kier alpha value is -1.53. The van der Waals surface area contributed by atoms with Crippen LogP contribution in [-0.4, -0.2) is 48.9 Å². The molecule has 1 aromatic rings. The lowest BCUT2D eigenvalue weighted by Gasteiger charge is -2.33. The van der Waals surface area contributed by atoms with Crippen LogP contribution in [-0.2, 0) is 4.79 Å². The van der Waals surface area contributed by atoms with Crippen LogP contribution in [0.4, 0.5) is 0 Å². The third kappa shape index (κ3) is 4.47. The molecule has 1 fully saturated rings. The number of rotatable bonds is 4. The molecule has 6 nitrogen and oxygen atoms in total. The maximum Gasteiger partial charge on any atom is 0.287 e. The summed E-state index contributed by atoms with van der Waals surface area (Å²) in [5.74, 6) is -0.222. The van der Waals surface area contributed by atoms with Gasteiger partial charge in [0.25, 0.3) is 5.91 Å². The highest BCUT2D eigenvalue weighted by molar-refractivity contribution is 5.95. The van der Waals surface area contributed by atoms with E-state index in [2.05, 4.69) is 10.6 Å². The van der Waals surface area contributed by atoms with E-state index >= 15 is 0 Å². The average Bonchev–Trinajstić information content (AvgIpc) is 3.01. The van der Waals surface area contributed by atoms with Crippen molar-refractivity contribution in [3.63, 3.8) is 0 Å². The van der Waals surface area contributed by atoms with Gasteiger partial charge in [-0.15, -0.1) is 12.4 Å². The van der Waals surface area contributed by atoms with Crippen LogP contribution in [0.1, 0.15) is 30.3 Å². The van der Waals surface area contributed by atoms with Crippen molar-refractivity contribution in [2.75, 3.05) is 20.1 Å². The first kappa shape index (κ1) is 17.5. The van der Waals surface area contributed by atoms with Gasteiger partial charge < -0.3 is 20.0 Å². The van der Waals surface area contributed by atoms with E-state index in [1.165, 1.54) is 6.26 Å². The van der Waals surface area contributed by atoms with E-state index in [1.54, 1.807) is 31.0 Å². The summed E-state index contributed by atoms with van der Waals surface area (Å²) in [6, 6.07) is 2.89. The Balaban J connectivity index is 0.00000220. The molecule has 0 bridgehead atoms. The summed E-state index contributed by atoms with van der Waals surface area (Å²) in [6.45, 7) is 3.55. The van der Waals surface area contributed by atoms with Gasteiger partial charge in [0, 0.05) is 13.1 Å². The van der Waals surface area contributed by atoms with Gasteiger partial charge in [-0.1, -0.05) is 0 Å². The zero-order valence-electron chi connectivity index (χ0n) is 12.3. The second-order valence-electron chi connectivity index (χ2n) is 5.10. The maximum atomic E-state index is 12.3. The molecule has 2 N–H and O–H groups in total. The Bertz CT molecular complexity index is 458. The number of furan rings is 1. The number of carbonyl (C=O) groups is 2. The third-order valence-corrected chi connectivity index (χ3v) is 3.67. The van der Waals surface area contributed by atoms with Crippen molar-refractivity contribution in [1.29, 1.82) is 0 Å². The fourth-order valence-electron chi connectivity index (χ4n) is 2.42. The molecule has 0 radical (unpaired) electrons. The second-order valence-corrected chi connectivity index (χ2v) is 5.10. The summed E-state index contributed by atoms with van der Waals surface area (Å²) < 4.78 is 5.01. The average molecular weight is 316 g/mol. The van der Waals surface area contributed by atoms with Gasteiger partial charge >= 0.3 is 0 Å². The summed E-state index contributed by atoms with van der Waals surface area (Å²) >= 11 is 0. The molecule has 1 saturated heterocycles. The molecular weight excluding hydrogens is 294 g/mol. The van der Waals surface area contributed by atoms with Crippen LogP contribution in [0, 0.1) is 0 Å². The molecule has 7 heteroatoms. The third-order valence-electron chi connectivity index (χ3n) is 3.67. The molecule has 1 aliphatic heterocycles. The van der Waals surface area contributed by atoms with Crippen molar-refractivity contribution >= 4 is 24.2 Å². The van der Waals surface area contributed by atoms with Gasteiger partial charge in [-0.05, 0) is 45.0 Å². The van der Waals surface area contributed by atoms with Crippen LogP contribution in [0.25, 0.3) is 0 Å². The van der Waals surface area contributed by atoms with Gasteiger partial charge in [-0.25, -0.2) is 0 Å². The van der Waals surface area contributed by atoms with E-state index < -0.39 is 6.04 Å². The molecule has 0 spiro atoms. The van der Waals surface area contributed by atoms with Crippen molar-refractivity contribution < 1.29 is 14.0 Å². The predicted molar refractivity (Wildman–Crippen MR) is 81.5 cm³/mol. The number of likely N-dealkylation sites (N-methyl/N-ethyl adjacent to an activating group) is 1. The van der Waals surface area contributed by atoms with E-state index in [0.717, 1.165) is 25.9 Å². The molecule has 1 atom stereocenters. The molecule has 1 aliphatic rings. The highest BCUT2D eigenvalue weighted by atomic mass is 35.5. The number of hydrogen-bond acceptors (Lipinski definition) is 4. The monoisotopic (exact) mass is 315 g/mol. The van der Waals surface area contributed by atoms with Crippen molar-refractivity contribution in [3.05, 3.63) is 24.2 Å². The lowest BCUT2D eigenvalue weighted by atomic mass is 10.0. The molecule has 2 rings (SSSR count). The van der Waals surface area contributed by atoms with Crippen molar-refractivity contribution in [3.8, 4) is 0 Å². The number of nitrogens with zero attached hydrogens (tertiary/aromatic N) is 1. The summed E-state index contributed by atoms with van der Waals surface area (Å²) in [5.41, 5.74) is 0. The van der Waals surface area contributed by atoms with Gasteiger partial charge in [0.1, 0.15) is 6.04 Å². The van der Waals surface area contributed by atoms with Crippen LogP contribution in [0.15, 0.2) is 22.8 Å². The topological polar surface area (TPSA) is 74.6 Å². The predicted octanol–water partition coefficient (Wildman–Crippen LogP) is 1.03. The quantitative estimate of drug-likeness (QED) is 0.870. The van der Waals surface area contributed by atoms with Crippen LogP contribution >= 0.6 is 12.4 Å². The fourth-order valence-corrected chi connectivity index (χ4v) is 2.42. The number of halogens is 1. The molecule has 0 saturated carbocycles. The molecule has 2 amide bonds. The number of hydrogen-bond donors (Lipinski definition) is 2. The number of nitrogens with one attached hydrogen (secondary N) is 2. The minimum absolute atomic E-state index is 0. The standard InChI is InChI=1S/C14H21N3O3.ClH/c1-10(16-13(18)12-4-3-9-20-12)14(19)17(2)11-5-7-15-8-6-11;/h3-4,9-11,15H,5-8H2,1-2H3,(H,16,18);1H. The molecule has 21 heavy (non-hydrogen) atoms. The molecule has 118 valence electrons. The molecule has 2 heterocycles. The Morgan fingerprint density at radius 1 is 1.43 bits per heavy atom. The molecule has 1 unspecified atom stereocenters. The first-order valence-corrected chi connectivity index (χ1v) is 6.91. The lowest BCUT2D eigenvalue weighted by Crippen LogP contribution is -2.51. The second kappa shape index (κ2) is 8.05. The Morgan fingerprint density at radius 3 is 2.67 bits per heavy atom. The van der Waals surface area contributed by atoms with Crippen LogP contribution < -0.4 is 10.6 Å². The van der Waals surface area contributed by atoms with E-state index in [4.69, 9.17) is 4.42 Å². The minimum atomic E-state index is -0.563. The van der Waals surface area contributed by atoms with Gasteiger partial charge in [0.15, 0.2) is 5.76 Å². The highest BCUT2D eigenvalue weighted by Crippen LogP contribution is 2.11. The number of piperidine rings is 1.